The summed E-state index contributed by atoms with van der Waals surface area (Å²) in [6.07, 6.45) is 2.00. The van der Waals surface area contributed by atoms with Crippen LogP contribution in [-0.2, 0) is 11.2 Å². The maximum absolute atomic E-state index is 12.8. The number of amides is 1. The third-order valence-electron chi connectivity index (χ3n) is 6.02. The van der Waals surface area contributed by atoms with E-state index < -0.39 is 0 Å². The second-order valence-corrected chi connectivity index (χ2v) is 8.60. The molecule has 3 aromatic heterocycles. The minimum atomic E-state index is -0.0794. The lowest BCUT2D eigenvalue weighted by molar-refractivity contribution is -0.115. The molecule has 0 aliphatic heterocycles. The van der Waals surface area contributed by atoms with Crippen molar-refractivity contribution in [2.75, 3.05) is 5.32 Å². The molecule has 7 heteroatoms. The fourth-order valence-electron chi connectivity index (χ4n) is 4.19. The molecule has 1 amide bonds. The number of aromatic nitrogens is 5. The largest absolute Gasteiger partial charge is 0.326 e. The summed E-state index contributed by atoms with van der Waals surface area (Å²) in [4.78, 5) is 17.1. The molecule has 3 aromatic carbocycles. The molecule has 6 aromatic rings. The number of hydrogen-bond acceptors (Lipinski definition) is 5. The van der Waals surface area contributed by atoms with Gasteiger partial charge in [0.15, 0.2) is 5.65 Å². The van der Waals surface area contributed by atoms with Crippen molar-refractivity contribution in [1.29, 1.82) is 0 Å². The molecule has 37 heavy (non-hydrogen) atoms. The van der Waals surface area contributed by atoms with Crippen molar-refractivity contribution in [3.63, 3.8) is 0 Å². The van der Waals surface area contributed by atoms with Crippen LogP contribution in [0.5, 0.6) is 0 Å². The quantitative estimate of drug-likeness (QED) is 0.329. The molecule has 0 aliphatic rings. The Morgan fingerprint density at radius 3 is 2.30 bits per heavy atom. The Labute approximate surface area is 213 Å². The smallest absolute Gasteiger partial charge is 0.228 e. The molecular formula is C30H22N6O. The Morgan fingerprint density at radius 1 is 0.703 bits per heavy atom. The minimum absolute atomic E-state index is 0.0794. The second kappa shape index (κ2) is 9.83. The minimum Gasteiger partial charge on any atom is -0.326 e. The van der Waals surface area contributed by atoms with E-state index in [-0.39, 0.29) is 12.3 Å². The van der Waals surface area contributed by atoms with Crippen LogP contribution in [0, 0.1) is 0 Å². The number of carbonyl (C=O) groups is 1. The van der Waals surface area contributed by atoms with Crippen molar-refractivity contribution >= 4 is 17.2 Å². The lowest BCUT2D eigenvalue weighted by atomic mass is 10.0. The van der Waals surface area contributed by atoms with E-state index in [9.17, 15) is 4.79 Å². The maximum atomic E-state index is 12.8. The first-order valence-electron chi connectivity index (χ1n) is 11.9. The predicted octanol–water partition coefficient (Wildman–Crippen LogP) is 5.70. The van der Waals surface area contributed by atoms with Gasteiger partial charge in [0.1, 0.15) is 5.69 Å². The number of fused-ring (bicyclic) bond motifs is 1. The fraction of sp³-hybridized carbons (Fsp3) is 0.0333. The molecule has 0 spiro atoms. The van der Waals surface area contributed by atoms with Gasteiger partial charge in [-0.05, 0) is 53.1 Å². The Kier molecular flexibility index (Phi) is 5.93. The lowest BCUT2D eigenvalue weighted by Crippen LogP contribution is -2.14. The summed E-state index contributed by atoms with van der Waals surface area (Å²) >= 11 is 0. The average molecular weight is 483 g/mol. The molecular weight excluding hydrogens is 460 g/mol. The number of benzene rings is 3. The number of rotatable bonds is 6. The van der Waals surface area contributed by atoms with E-state index >= 15 is 0 Å². The first kappa shape index (κ1) is 22.3. The van der Waals surface area contributed by atoms with Gasteiger partial charge in [-0.3, -0.25) is 9.78 Å². The molecule has 0 saturated heterocycles. The molecule has 0 saturated carbocycles. The summed E-state index contributed by atoms with van der Waals surface area (Å²) in [5.41, 5.74) is 6.87. The summed E-state index contributed by atoms with van der Waals surface area (Å²) in [6.45, 7) is 0. The standard InChI is InChI=1S/C30H22N6O/c37-29(19-21-12-14-23(15-13-21)22-7-2-1-3-8-22)32-25-10-6-9-24(20-25)26-16-17-28-33-34-30(36(28)35-26)27-11-4-5-18-31-27/h1-18,20H,19H2,(H,32,37). The van der Waals surface area contributed by atoms with Crippen LogP contribution in [-0.4, -0.2) is 30.7 Å². The molecule has 0 atom stereocenters. The zero-order valence-electron chi connectivity index (χ0n) is 19.8. The summed E-state index contributed by atoms with van der Waals surface area (Å²) < 4.78 is 1.68. The second-order valence-electron chi connectivity index (χ2n) is 8.60. The molecule has 0 aliphatic carbocycles. The molecule has 1 N–H and O–H groups in total. The van der Waals surface area contributed by atoms with Crippen LogP contribution >= 0.6 is 0 Å². The van der Waals surface area contributed by atoms with Crippen molar-refractivity contribution < 1.29 is 4.79 Å². The molecule has 0 radical (unpaired) electrons. The SMILES string of the molecule is O=C(Cc1ccc(-c2ccccc2)cc1)Nc1cccc(-c2ccc3nnc(-c4ccccn4)n3n2)c1. The summed E-state index contributed by atoms with van der Waals surface area (Å²) in [5.74, 6) is 0.490. The predicted molar refractivity (Wildman–Crippen MR) is 144 cm³/mol. The van der Waals surface area contributed by atoms with Crippen LogP contribution in [0.25, 0.3) is 39.5 Å². The Hall–Kier alpha value is -5.17. The van der Waals surface area contributed by atoms with Crippen molar-refractivity contribution in [1.82, 2.24) is 24.8 Å². The van der Waals surface area contributed by atoms with Gasteiger partial charge in [0.25, 0.3) is 0 Å². The zero-order chi connectivity index (χ0) is 25.0. The number of pyridine rings is 1. The van der Waals surface area contributed by atoms with Gasteiger partial charge in [-0.25, -0.2) is 0 Å². The molecule has 0 fully saturated rings. The van der Waals surface area contributed by atoms with Gasteiger partial charge < -0.3 is 5.32 Å². The third kappa shape index (κ3) is 4.83. The van der Waals surface area contributed by atoms with Gasteiger partial charge >= 0.3 is 0 Å². The topological polar surface area (TPSA) is 85.1 Å². The van der Waals surface area contributed by atoms with Crippen LogP contribution in [0.1, 0.15) is 5.56 Å². The van der Waals surface area contributed by atoms with Gasteiger partial charge in [0.05, 0.1) is 12.1 Å². The number of anilines is 1. The van der Waals surface area contributed by atoms with Gasteiger partial charge in [-0.2, -0.15) is 9.61 Å². The molecule has 0 unspecified atom stereocenters. The van der Waals surface area contributed by atoms with E-state index in [1.807, 2.05) is 97.1 Å². The highest BCUT2D eigenvalue weighted by Crippen LogP contribution is 2.24. The van der Waals surface area contributed by atoms with E-state index in [1.165, 1.54) is 0 Å². The van der Waals surface area contributed by atoms with Crippen molar-refractivity contribution in [3.8, 4) is 33.9 Å². The van der Waals surface area contributed by atoms with E-state index in [4.69, 9.17) is 5.10 Å². The van der Waals surface area contributed by atoms with Crippen molar-refractivity contribution in [3.05, 3.63) is 121 Å². The highest BCUT2D eigenvalue weighted by Gasteiger charge is 2.12. The number of carbonyl (C=O) groups excluding carboxylic acids is 1. The first-order chi connectivity index (χ1) is 18.2. The Balaban J connectivity index is 1.19. The van der Waals surface area contributed by atoms with Crippen LogP contribution in [0.15, 0.2) is 115 Å². The van der Waals surface area contributed by atoms with Crippen LogP contribution in [0.2, 0.25) is 0 Å². The third-order valence-corrected chi connectivity index (χ3v) is 6.02. The van der Waals surface area contributed by atoms with Gasteiger partial charge in [-0.1, -0.05) is 72.8 Å². The van der Waals surface area contributed by atoms with Gasteiger partial charge in [-0.15, -0.1) is 10.2 Å². The van der Waals surface area contributed by atoms with Crippen LogP contribution in [0.3, 0.4) is 0 Å². The van der Waals surface area contributed by atoms with E-state index in [2.05, 4.69) is 32.6 Å². The molecule has 6 rings (SSSR count). The summed E-state index contributed by atoms with van der Waals surface area (Å²) in [6, 6.07) is 35.3. The first-order valence-corrected chi connectivity index (χ1v) is 11.9. The van der Waals surface area contributed by atoms with Gasteiger partial charge in [0, 0.05) is 17.4 Å². The summed E-state index contributed by atoms with van der Waals surface area (Å²) in [5, 5.41) is 16.2. The van der Waals surface area contributed by atoms with E-state index in [0.29, 0.717) is 22.9 Å². The van der Waals surface area contributed by atoms with Gasteiger partial charge in [0.2, 0.25) is 11.7 Å². The molecule has 0 bridgehead atoms. The fourth-order valence-corrected chi connectivity index (χ4v) is 4.19. The van der Waals surface area contributed by atoms with Crippen LogP contribution < -0.4 is 5.32 Å². The van der Waals surface area contributed by atoms with Crippen molar-refractivity contribution in [2.24, 2.45) is 0 Å². The summed E-state index contributed by atoms with van der Waals surface area (Å²) in [7, 11) is 0. The van der Waals surface area contributed by atoms with E-state index in [0.717, 1.165) is 27.9 Å². The Bertz CT molecular complexity index is 1680. The Morgan fingerprint density at radius 2 is 1.49 bits per heavy atom. The number of hydrogen-bond donors (Lipinski definition) is 1. The maximum Gasteiger partial charge on any atom is 0.228 e. The van der Waals surface area contributed by atoms with Crippen molar-refractivity contribution in [2.45, 2.75) is 6.42 Å². The molecule has 178 valence electrons. The molecule has 7 nitrogen and oxygen atoms in total. The highest BCUT2D eigenvalue weighted by molar-refractivity contribution is 5.93. The highest BCUT2D eigenvalue weighted by atomic mass is 16.1. The zero-order valence-corrected chi connectivity index (χ0v) is 19.8. The molecule has 3 heterocycles. The number of nitrogens with zero attached hydrogens (tertiary/aromatic N) is 5. The van der Waals surface area contributed by atoms with E-state index in [1.54, 1.807) is 10.7 Å². The lowest BCUT2D eigenvalue weighted by Gasteiger charge is -2.09. The monoisotopic (exact) mass is 482 g/mol. The average Bonchev–Trinajstić information content (AvgIpc) is 3.38. The number of nitrogens with one attached hydrogen (secondary N) is 1. The van der Waals surface area contributed by atoms with Crippen LogP contribution in [0.4, 0.5) is 5.69 Å². The normalized spacial score (nSPS) is 10.9.